The fraction of sp³-hybridized carbons (Fsp3) is 0.429. The normalized spacial score (nSPS) is 21.6. The lowest BCUT2D eigenvalue weighted by molar-refractivity contribution is 0.0282. The van der Waals surface area contributed by atoms with Crippen LogP contribution in [0.5, 0.6) is 0 Å². The molecule has 0 aliphatic carbocycles. The fourth-order valence-corrected chi connectivity index (χ4v) is 4.13. The van der Waals surface area contributed by atoms with Gasteiger partial charge in [0.25, 0.3) is 5.91 Å². The number of nitriles is 1. The van der Waals surface area contributed by atoms with E-state index in [1.54, 1.807) is 4.90 Å². The molecule has 26 heavy (non-hydrogen) atoms. The molecule has 5 heteroatoms. The average Bonchev–Trinajstić information content (AvgIpc) is 2.94. The number of amides is 1. The number of hydrogen-bond acceptors (Lipinski definition) is 4. The second-order valence-corrected chi connectivity index (χ2v) is 7.26. The lowest BCUT2D eigenvalue weighted by atomic mass is 9.98. The maximum absolute atomic E-state index is 13.1. The van der Waals surface area contributed by atoms with Gasteiger partial charge in [0.2, 0.25) is 0 Å². The first-order valence-electron chi connectivity index (χ1n) is 9.21. The van der Waals surface area contributed by atoms with Crippen LogP contribution in [0, 0.1) is 17.2 Å². The molecule has 0 bridgehead atoms. The van der Waals surface area contributed by atoms with Crippen LogP contribution in [0.1, 0.15) is 28.9 Å². The summed E-state index contributed by atoms with van der Waals surface area (Å²) in [7, 11) is 0. The molecule has 134 valence electrons. The van der Waals surface area contributed by atoms with Gasteiger partial charge in [-0.3, -0.25) is 9.69 Å². The Morgan fingerprint density at radius 2 is 1.96 bits per heavy atom. The molecule has 1 amide bonds. The smallest absolute Gasteiger partial charge is 0.256 e. The second-order valence-electron chi connectivity index (χ2n) is 7.26. The minimum Gasteiger partial charge on any atom is -0.379 e. The van der Waals surface area contributed by atoms with Crippen LogP contribution < -0.4 is 0 Å². The molecule has 1 fully saturated rings. The monoisotopic (exact) mass is 349 g/mol. The number of rotatable bonds is 4. The van der Waals surface area contributed by atoms with Crippen LogP contribution in [0.25, 0.3) is 10.8 Å². The molecular weight excluding hydrogens is 326 g/mol. The van der Waals surface area contributed by atoms with Gasteiger partial charge in [-0.1, -0.05) is 43.3 Å². The van der Waals surface area contributed by atoms with Crippen LogP contribution in [-0.4, -0.2) is 55.1 Å². The standard InChI is InChI=1S/C21H23N3O2/c1-15(13-23-8-10-26-11-9-23)14-24-19(12-22)18-7-6-16-4-2-3-5-17(16)20(18)21(24)25/h2-7,15,19H,8-11,13-14H2,1H3. The highest BCUT2D eigenvalue weighted by molar-refractivity contribution is 6.11. The molecule has 1 saturated heterocycles. The van der Waals surface area contributed by atoms with E-state index in [1.807, 2.05) is 36.4 Å². The number of benzene rings is 2. The van der Waals surface area contributed by atoms with Crippen molar-refractivity contribution in [3.8, 4) is 6.07 Å². The van der Waals surface area contributed by atoms with Crippen molar-refractivity contribution in [3.05, 3.63) is 47.5 Å². The van der Waals surface area contributed by atoms with Gasteiger partial charge in [-0.2, -0.15) is 5.26 Å². The van der Waals surface area contributed by atoms with Crippen LogP contribution in [0.3, 0.4) is 0 Å². The largest absolute Gasteiger partial charge is 0.379 e. The van der Waals surface area contributed by atoms with E-state index in [0.717, 1.165) is 49.2 Å². The topological polar surface area (TPSA) is 56.6 Å². The van der Waals surface area contributed by atoms with E-state index in [4.69, 9.17) is 4.74 Å². The van der Waals surface area contributed by atoms with Gasteiger partial charge < -0.3 is 9.64 Å². The number of hydrogen-bond donors (Lipinski definition) is 0. The van der Waals surface area contributed by atoms with Gasteiger partial charge in [0.05, 0.1) is 24.8 Å². The van der Waals surface area contributed by atoms with Gasteiger partial charge in [-0.15, -0.1) is 0 Å². The van der Waals surface area contributed by atoms with Crippen LogP contribution in [-0.2, 0) is 4.74 Å². The Labute approximate surface area is 153 Å². The van der Waals surface area contributed by atoms with Crippen molar-refractivity contribution in [2.24, 2.45) is 5.92 Å². The molecule has 2 aliphatic heterocycles. The molecular formula is C21H23N3O2. The minimum atomic E-state index is -0.491. The summed E-state index contributed by atoms with van der Waals surface area (Å²) in [4.78, 5) is 17.3. The summed E-state index contributed by atoms with van der Waals surface area (Å²) in [5.74, 6) is 0.283. The number of carbonyl (C=O) groups is 1. The Morgan fingerprint density at radius 3 is 2.73 bits per heavy atom. The summed E-state index contributed by atoms with van der Waals surface area (Å²) >= 11 is 0. The van der Waals surface area contributed by atoms with E-state index in [9.17, 15) is 10.1 Å². The number of nitrogens with zero attached hydrogens (tertiary/aromatic N) is 3. The molecule has 0 saturated carbocycles. The van der Waals surface area contributed by atoms with Crippen molar-refractivity contribution in [1.82, 2.24) is 9.80 Å². The van der Waals surface area contributed by atoms with Crippen molar-refractivity contribution < 1.29 is 9.53 Å². The molecule has 0 radical (unpaired) electrons. The Bertz CT molecular complexity index is 867. The molecule has 5 nitrogen and oxygen atoms in total. The van der Waals surface area contributed by atoms with Crippen molar-refractivity contribution >= 4 is 16.7 Å². The van der Waals surface area contributed by atoms with Gasteiger partial charge in [0, 0.05) is 31.7 Å². The first kappa shape index (κ1) is 17.0. The third-order valence-electron chi connectivity index (χ3n) is 5.35. The SMILES string of the molecule is CC(CN1CCOCC1)CN1C(=O)c2c(ccc3ccccc23)C1C#N. The third-order valence-corrected chi connectivity index (χ3v) is 5.35. The first-order valence-corrected chi connectivity index (χ1v) is 9.21. The van der Waals surface area contributed by atoms with Crippen molar-refractivity contribution in [2.75, 3.05) is 39.4 Å². The summed E-state index contributed by atoms with van der Waals surface area (Å²) in [6.45, 7) is 7.08. The summed E-state index contributed by atoms with van der Waals surface area (Å²) in [6, 6.07) is 13.7. The van der Waals surface area contributed by atoms with Crippen LogP contribution in [0.4, 0.5) is 0 Å². The third kappa shape index (κ3) is 2.96. The molecule has 2 unspecified atom stereocenters. The molecule has 2 aromatic carbocycles. The van der Waals surface area contributed by atoms with Gasteiger partial charge in [-0.05, 0) is 16.7 Å². The maximum atomic E-state index is 13.1. The van der Waals surface area contributed by atoms with Gasteiger partial charge in [0.1, 0.15) is 6.04 Å². The predicted molar refractivity (Wildman–Crippen MR) is 99.8 cm³/mol. The quantitative estimate of drug-likeness (QED) is 0.852. The van der Waals surface area contributed by atoms with Crippen LogP contribution in [0.2, 0.25) is 0 Å². The molecule has 0 spiro atoms. The minimum absolute atomic E-state index is 0.0165. The molecule has 0 N–H and O–H groups in total. The van der Waals surface area contributed by atoms with E-state index >= 15 is 0 Å². The lowest BCUT2D eigenvalue weighted by Crippen LogP contribution is -2.42. The maximum Gasteiger partial charge on any atom is 0.256 e. The first-order chi connectivity index (χ1) is 12.7. The van der Waals surface area contributed by atoms with Gasteiger partial charge >= 0.3 is 0 Å². The van der Waals surface area contributed by atoms with Crippen molar-refractivity contribution in [3.63, 3.8) is 0 Å². The highest BCUT2D eigenvalue weighted by Crippen LogP contribution is 2.37. The molecule has 2 aliphatic rings. The van der Waals surface area contributed by atoms with Crippen molar-refractivity contribution in [1.29, 1.82) is 5.26 Å². The average molecular weight is 349 g/mol. The molecule has 4 rings (SSSR count). The Morgan fingerprint density at radius 1 is 1.19 bits per heavy atom. The van der Waals surface area contributed by atoms with E-state index in [1.165, 1.54) is 0 Å². The van der Waals surface area contributed by atoms with Gasteiger partial charge in [-0.25, -0.2) is 0 Å². The number of carbonyl (C=O) groups excluding carboxylic acids is 1. The molecule has 2 atom stereocenters. The highest BCUT2D eigenvalue weighted by Gasteiger charge is 2.38. The van der Waals surface area contributed by atoms with E-state index in [0.29, 0.717) is 18.0 Å². The zero-order valence-corrected chi connectivity index (χ0v) is 15.0. The second kappa shape index (κ2) is 7.06. The molecule has 2 aromatic rings. The highest BCUT2D eigenvalue weighted by atomic mass is 16.5. The summed E-state index contributed by atoms with van der Waals surface area (Å²) in [6.07, 6.45) is 0. The van der Waals surface area contributed by atoms with E-state index < -0.39 is 6.04 Å². The van der Waals surface area contributed by atoms with Crippen molar-refractivity contribution in [2.45, 2.75) is 13.0 Å². The molecule has 2 heterocycles. The summed E-state index contributed by atoms with van der Waals surface area (Å²) in [5.41, 5.74) is 1.54. The predicted octanol–water partition coefficient (Wildman–Crippen LogP) is 2.83. The molecule has 0 aromatic heterocycles. The van der Waals surface area contributed by atoms with Crippen LogP contribution >= 0.6 is 0 Å². The number of morpholine rings is 1. The van der Waals surface area contributed by atoms with E-state index in [2.05, 4.69) is 17.9 Å². The van der Waals surface area contributed by atoms with Crippen LogP contribution in [0.15, 0.2) is 36.4 Å². The number of ether oxygens (including phenoxy) is 1. The lowest BCUT2D eigenvalue weighted by Gasteiger charge is -2.31. The Kier molecular flexibility index (Phi) is 4.62. The van der Waals surface area contributed by atoms with Gasteiger partial charge in [0.15, 0.2) is 0 Å². The summed E-state index contributed by atoms with van der Waals surface area (Å²) in [5, 5.41) is 11.7. The zero-order valence-electron chi connectivity index (χ0n) is 15.0. The Hall–Kier alpha value is -2.42. The Balaban J connectivity index is 1.58. The van der Waals surface area contributed by atoms with E-state index in [-0.39, 0.29) is 5.91 Å². The summed E-state index contributed by atoms with van der Waals surface area (Å²) < 4.78 is 5.40. The number of fused-ring (bicyclic) bond motifs is 3. The fourth-order valence-electron chi connectivity index (χ4n) is 4.13. The zero-order chi connectivity index (χ0) is 18.1.